The molecule has 2 aromatic rings. The lowest BCUT2D eigenvalue weighted by atomic mass is 9.97. The number of rotatable bonds is 6. The molecule has 0 spiro atoms. The van der Waals surface area contributed by atoms with Gasteiger partial charge in [-0.1, -0.05) is 24.2 Å². The molecule has 0 aliphatic carbocycles. The lowest BCUT2D eigenvalue weighted by molar-refractivity contribution is -0.125. The van der Waals surface area contributed by atoms with Crippen LogP contribution >= 0.6 is 11.6 Å². The molecule has 0 N–H and O–H groups in total. The van der Waals surface area contributed by atoms with Crippen LogP contribution in [0.5, 0.6) is 5.75 Å². The van der Waals surface area contributed by atoms with Gasteiger partial charge in [-0.25, -0.2) is 4.39 Å². The molecule has 0 aromatic heterocycles. The van der Waals surface area contributed by atoms with Gasteiger partial charge in [0.2, 0.25) is 5.91 Å². The van der Waals surface area contributed by atoms with E-state index in [1.165, 1.54) is 25.3 Å². The summed E-state index contributed by atoms with van der Waals surface area (Å²) in [4.78, 5) is 27.6. The summed E-state index contributed by atoms with van der Waals surface area (Å²) in [5, 5.41) is 0.293. The maximum absolute atomic E-state index is 13.7. The number of benzene rings is 2. The molecule has 152 valence electrons. The monoisotopic (exact) mass is 416 g/mol. The van der Waals surface area contributed by atoms with Gasteiger partial charge in [0.1, 0.15) is 11.6 Å². The molecule has 0 atom stereocenters. The predicted octanol–water partition coefficient (Wildman–Crippen LogP) is 3.87. The number of hydrogen-bond donors (Lipinski definition) is 0. The molecule has 0 unspecified atom stereocenters. The van der Waals surface area contributed by atoms with E-state index in [4.69, 9.17) is 16.3 Å². The molecule has 1 saturated heterocycles. The van der Waals surface area contributed by atoms with E-state index in [0.717, 1.165) is 0 Å². The quantitative estimate of drug-likeness (QED) is 0.672. The Balaban J connectivity index is 1.70. The van der Waals surface area contributed by atoms with Gasteiger partial charge in [0, 0.05) is 38.2 Å². The zero-order chi connectivity index (χ0) is 21.1. The van der Waals surface area contributed by atoms with Gasteiger partial charge in [0.15, 0.2) is 0 Å². The first-order valence-electron chi connectivity index (χ1n) is 9.14. The normalized spacial score (nSPS) is 13.6. The molecule has 0 radical (unpaired) electrons. The van der Waals surface area contributed by atoms with Gasteiger partial charge >= 0.3 is 0 Å². The lowest BCUT2D eigenvalue weighted by Crippen LogP contribution is -2.53. The van der Waals surface area contributed by atoms with Gasteiger partial charge in [-0.3, -0.25) is 9.59 Å². The fraction of sp³-hybridized carbons (Fsp3) is 0.273. The summed E-state index contributed by atoms with van der Waals surface area (Å²) in [5.41, 5.74) is 1.61. The first-order chi connectivity index (χ1) is 13.8. The average molecular weight is 417 g/mol. The highest BCUT2D eigenvalue weighted by Crippen LogP contribution is 2.34. The van der Waals surface area contributed by atoms with Gasteiger partial charge in [-0.05, 0) is 42.0 Å². The van der Waals surface area contributed by atoms with Crippen molar-refractivity contribution in [1.29, 1.82) is 0 Å². The van der Waals surface area contributed by atoms with Crippen LogP contribution < -0.4 is 4.74 Å². The summed E-state index contributed by atoms with van der Waals surface area (Å²) in [6, 6.07) is 9.25. The number of ether oxygens (including phenoxy) is 1. The Hall–Kier alpha value is -2.86. The van der Waals surface area contributed by atoms with Crippen LogP contribution in [0.15, 0.2) is 49.1 Å². The molecule has 3 rings (SSSR count). The fourth-order valence-corrected chi connectivity index (χ4v) is 3.68. The molecular formula is C22H22ClFN2O3. The number of carbonyl (C=O) groups is 2. The van der Waals surface area contributed by atoms with Crippen molar-refractivity contribution in [2.45, 2.75) is 0 Å². The minimum Gasteiger partial charge on any atom is -0.496 e. The fourth-order valence-electron chi connectivity index (χ4n) is 3.42. The lowest BCUT2D eigenvalue weighted by Gasteiger charge is -2.41. The zero-order valence-electron chi connectivity index (χ0n) is 16.3. The third kappa shape index (κ3) is 4.43. The van der Waals surface area contributed by atoms with Crippen LogP contribution in [0.3, 0.4) is 0 Å². The van der Waals surface area contributed by atoms with Crippen molar-refractivity contribution in [3.8, 4) is 16.9 Å². The van der Waals surface area contributed by atoms with Gasteiger partial charge in [0.25, 0.3) is 5.91 Å². The predicted molar refractivity (Wildman–Crippen MR) is 111 cm³/mol. The number of methoxy groups -OCH3 is 1. The molecule has 1 aliphatic heterocycles. The summed E-state index contributed by atoms with van der Waals surface area (Å²) in [7, 11) is 3.22. The van der Waals surface area contributed by atoms with E-state index in [0.29, 0.717) is 47.1 Å². The van der Waals surface area contributed by atoms with Crippen LogP contribution in [0, 0.1) is 11.7 Å². The third-order valence-corrected chi connectivity index (χ3v) is 5.31. The summed E-state index contributed by atoms with van der Waals surface area (Å²) in [6.45, 7) is 5.16. The first kappa shape index (κ1) is 20.9. The van der Waals surface area contributed by atoms with E-state index in [2.05, 4.69) is 6.58 Å². The number of likely N-dealkylation sites (tertiary alicyclic amines) is 1. The van der Waals surface area contributed by atoms with Crippen molar-refractivity contribution in [2.24, 2.45) is 5.92 Å². The van der Waals surface area contributed by atoms with E-state index in [9.17, 15) is 14.0 Å². The summed E-state index contributed by atoms with van der Waals surface area (Å²) >= 11 is 6.37. The number of halogens is 2. The molecule has 29 heavy (non-hydrogen) atoms. The van der Waals surface area contributed by atoms with Crippen LogP contribution in [-0.4, -0.2) is 55.4 Å². The maximum Gasteiger partial charge on any atom is 0.255 e. The molecule has 2 amide bonds. The Bertz CT molecular complexity index is 957. The second-order valence-corrected chi connectivity index (χ2v) is 7.45. The highest BCUT2D eigenvalue weighted by molar-refractivity contribution is 6.34. The minimum absolute atomic E-state index is 0.138. The molecule has 0 bridgehead atoms. The van der Waals surface area contributed by atoms with Gasteiger partial charge < -0.3 is 14.5 Å². The van der Waals surface area contributed by atoms with Crippen LogP contribution in [0.25, 0.3) is 11.1 Å². The smallest absolute Gasteiger partial charge is 0.255 e. The van der Waals surface area contributed by atoms with Gasteiger partial charge in [0.05, 0.1) is 17.7 Å². The van der Waals surface area contributed by atoms with E-state index in [-0.39, 0.29) is 23.5 Å². The van der Waals surface area contributed by atoms with Crippen LogP contribution in [0.1, 0.15) is 10.4 Å². The molecule has 5 nitrogen and oxygen atoms in total. The summed E-state index contributed by atoms with van der Waals surface area (Å²) in [6.07, 6.45) is 1.27. The molecule has 7 heteroatoms. The van der Waals surface area contributed by atoms with E-state index < -0.39 is 0 Å². The topological polar surface area (TPSA) is 49.9 Å². The number of likely N-dealkylation sites (N-methyl/N-ethyl adjacent to an activating group) is 1. The molecule has 1 aliphatic rings. The van der Waals surface area contributed by atoms with Crippen molar-refractivity contribution in [1.82, 2.24) is 9.80 Å². The Morgan fingerprint density at radius 1 is 1.31 bits per heavy atom. The summed E-state index contributed by atoms with van der Waals surface area (Å²) < 4.78 is 18.9. The highest BCUT2D eigenvalue weighted by Gasteiger charge is 2.33. The number of hydrogen-bond acceptors (Lipinski definition) is 3. The van der Waals surface area contributed by atoms with Crippen molar-refractivity contribution >= 4 is 23.4 Å². The highest BCUT2D eigenvalue weighted by atomic mass is 35.5. The van der Waals surface area contributed by atoms with Crippen LogP contribution in [0.4, 0.5) is 4.39 Å². The van der Waals surface area contributed by atoms with Crippen molar-refractivity contribution in [3.63, 3.8) is 0 Å². The Labute approximate surface area is 174 Å². The zero-order valence-corrected chi connectivity index (χ0v) is 17.1. The molecule has 2 aromatic carbocycles. The molecule has 1 fully saturated rings. The van der Waals surface area contributed by atoms with E-state index in [1.54, 1.807) is 41.1 Å². The third-order valence-electron chi connectivity index (χ3n) is 5.00. The van der Waals surface area contributed by atoms with Gasteiger partial charge in [-0.2, -0.15) is 0 Å². The second-order valence-electron chi connectivity index (χ2n) is 7.04. The van der Waals surface area contributed by atoms with E-state index >= 15 is 0 Å². The van der Waals surface area contributed by atoms with Crippen LogP contribution in [-0.2, 0) is 4.79 Å². The minimum atomic E-state index is -0.386. The number of carbonyl (C=O) groups excluding carboxylic acids is 2. The number of nitrogens with zero attached hydrogens (tertiary/aromatic N) is 2. The van der Waals surface area contributed by atoms with Crippen molar-refractivity contribution in [2.75, 3.05) is 33.8 Å². The second kappa shape index (κ2) is 8.66. The Kier molecular flexibility index (Phi) is 6.23. The Morgan fingerprint density at radius 3 is 2.66 bits per heavy atom. The standard InChI is InChI=1S/C22H22ClFN2O3/c1-4-21(27)25(2)11-14-12-26(13-14)22(28)17-7-5-15(9-19(17)23)18-10-16(24)6-8-20(18)29-3/h4-10,14H,1,11-13H2,2-3H3. The largest absolute Gasteiger partial charge is 0.496 e. The maximum atomic E-state index is 13.7. The Morgan fingerprint density at radius 2 is 2.03 bits per heavy atom. The average Bonchev–Trinajstić information content (AvgIpc) is 2.68. The van der Waals surface area contributed by atoms with E-state index in [1.807, 2.05) is 0 Å². The van der Waals surface area contributed by atoms with Crippen molar-refractivity contribution < 1.29 is 18.7 Å². The first-order valence-corrected chi connectivity index (χ1v) is 9.52. The van der Waals surface area contributed by atoms with Gasteiger partial charge in [-0.15, -0.1) is 0 Å². The summed E-state index contributed by atoms with van der Waals surface area (Å²) in [5.74, 6) is 0.0549. The molecule has 0 saturated carbocycles. The molecular weight excluding hydrogens is 395 g/mol. The molecule has 1 heterocycles. The number of amides is 2. The van der Waals surface area contributed by atoms with Crippen molar-refractivity contribution in [3.05, 3.63) is 65.5 Å². The SMILES string of the molecule is C=CC(=O)N(C)CC1CN(C(=O)c2ccc(-c3cc(F)ccc3OC)cc2Cl)C1. The van der Waals surface area contributed by atoms with Crippen LogP contribution in [0.2, 0.25) is 5.02 Å².